The molecular formula is C18H20N4OS. The fourth-order valence-corrected chi connectivity index (χ4v) is 3.63. The van der Waals surface area contributed by atoms with Gasteiger partial charge in [0.2, 0.25) is 11.0 Å². The van der Waals surface area contributed by atoms with E-state index in [1.807, 2.05) is 38.1 Å². The molecule has 0 bridgehead atoms. The van der Waals surface area contributed by atoms with Gasteiger partial charge in [0.05, 0.1) is 11.9 Å². The third-order valence-electron chi connectivity index (χ3n) is 4.00. The largest absolute Gasteiger partial charge is 0.300 e. The van der Waals surface area contributed by atoms with Crippen LogP contribution in [0.1, 0.15) is 35.2 Å². The van der Waals surface area contributed by atoms with Crippen molar-refractivity contribution >= 4 is 33.3 Å². The van der Waals surface area contributed by atoms with E-state index in [0.717, 1.165) is 45.6 Å². The van der Waals surface area contributed by atoms with Crippen LogP contribution >= 0.6 is 11.3 Å². The SMILES string of the molecule is CCCc1nnc(NC(=O)Cc2c(C)nc3ccccc3c2C)s1. The lowest BCUT2D eigenvalue weighted by Gasteiger charge is -2.12. The van der Waals surface area contributed by atoms with Gasteiger partial charge in [0.15, 0.2) is 0 Å². The van der Waals surface area contributed by atoms with E-state index in [9.17, 15) is 4.79 Å². The van der Waals surface area contributed by atoms with Crippen molar-refractivity contribution in [2.24, 2.45) is 0 Å². The quantitative estimate of drug-likeness (QED) is 0.766. The van der Waals surface area contributed by atoms with Crippen molar-refractivity contribution in [1.82, 2.24) is 15.2 Å². The Balaban J connectivity index is 1.79. The topological polar surface area (TPSA) is 67.8 Å². The van der Waals surface area contributed by atoms with Crippen LogP contribution in [0.15, 0.2) is 24.3 Å². The van der Waals surface area contributed by atoms with Gasteiger partial charge in [-0.1, -0.05) is 36.5 Å². The van der Waals surface area contributed by atoms with Gasteiger partial charge >= 0.3 is 0 Å². The van der Waals surface area contributed by atoms with E-state index in [2.05, 4.69) is 27.4 Å². The molecule has 0 aliphatic heterocycles. The minimum atomic E-state index is -0.0857. The molecule has 1 amide bonds. The summed E-state index contributed by atoms with van der Waals surface area (Å²) in [5.41, 5.74) is 3.94. The zero-order valence-electron chi connectivity index (χ0n) is 14.1. The van der Waals surface area contributed by atoms with E-state index in [1.54, 1.807) is 0 Å². The maximum Gasteiger partial charge on any atom is 0.230 e. The molecule has 3 rings (SSSR count). The smallest absolute Gasteiger partial charge is 0.230 e. The number of anilines is 1. The Hall–Kier alpha value is -2.34. The normalized spacial score (nSPS) is 11.0. The molecule has 5 nitrogen and oxygen atoms in total. The summed E-state index contributed by atoms with van der Waals surface area (Å²) in [6, 6.07) is 8.01. The molecule has 6 heteroatoms. The highest BCUT2D eigenvalue weighted by Crippen LogP contribution is 2.23. The monoisotopic (exact) mass is 340 g/mol. The summed E-state index contributed by atoms with van der Waals surface area (Å²) in [6.07, 6.45) is 2.20. The lowest BCUT2D eigenvalue weighted by Crippen LogP contribution is -2.16. The van der Waals surface area contributed by atoms with Gasteiger partial charge in [-0.05, 0) is 37.5 Å². The summed E-state index contributed by atoms with van der Waals surface area (Å²) in [5, 5.41) is 13.6. The van der Waals surface area contributed by atoms with E-state index >= 15 is 0 Å². The molecule has 2 heterocycles. The Kier molecular flexibility index (Phi) is 4.85. The Labute approximate surface area is 145 Å². The molecule has 0 saturated heterocycles. The summed E-state index contributed by atoms with van der Waals surface area (Å²) in [5.74, 6) is -0.0857. The van der Waals surface area contributed by atoms with Crippen LogP contribution in [0, 0.1) is 13.8 Å². The number of nitrogens with one attached hydrogen (secondary N) is 1. The number of para-hydroxylation sites is 1. The molecular weight excluding hydrogens is 320 g/mol. The maximum absolute atomic E-state index is 12.4. The number of fused-ring (bicyclic) bond motifs is 1. The third kappa shape index (κ3) is 3.43. The van der Waals surface area contributed by atoms with Gasteiger partial charge in [-0.25, -0.2) is 0 Å². The number of aryl methyl sites for hydroxylation is 3. The van der Waals surface area contributed by atoms with Crippen LogP contribution < -0.4 is 5.32 Å². The fourth-order valence-electron chi connectivity index (χ4n) is 2.77. The highest BCUT2D eigenvalue weighted by atomic mass is 32.1. The first kappa shape index (κ1) is 16.5. The Morgan fingerprint density at radius 3 is 2.79 bits per heavy atom. The number of carbonyl (C=O) groups is 1. The summed E-state index contributed by atoms with van der Waals surface area (Å²) in [6.45, 7) is 6.09. The van der Waals surface area contributed by atoms with E-state index in [1.165, 1.54) is 11.3 Å². The van der Waals surface area contributed by atoms with Crippen LogP contribution in [0.4, 0.5) is 5.13 Å². The van der Waals surface area contributed by atoms with Crippen LogP contribution in [0.2, 0.25) is 0 Å². The molecule has 0 radical (unpaired) electrons. The lowest BCUT2D eigenvalue weighted by atomic mass is 9.99. The van der Waals surface area contributed by atoms with Crippen molar-refractivity contribution in [2.75, 3.05) is 5.32 Å². The highest BCUT2D eigenvalue weighted by molar-refractivity contribution is 7.15. The molecule has 2 aromatic heterocycles. The van der Waals surface area contributed by atoms with Gasteiger partial charge in [0, 0.05) is 17.5 Å². The van der Waals surface area contributed by atoms with E-state index in [0.29, 0.717) is 5.13 Å². The van der Waals surface area contributed by atoms with Crippen LogP contribution in [-0.2, 0) is 17.6 Å². The first-order chi connectivity index (χ1) is 11.6. The maximum atomic E-state index is 12.4. The lowest BCUT2D eigenvalue weighted by molar-refractivity contribution is -0.115. The number of amides is 1. The van der Waals surface area contributed by atoms with Crippen molar-refractivity contribution < 1.29 is 4.79 Å². The van der Waals surface area contributed by atoms with Crippen molar-refractivity contribution in [3.8, 4) is 0 Å². The minimum absolute atomic E-state index is 0.0857. The molecule has 0 spiro atoms. The van der Waals surface area contributed by atoms with Crippen LogP contribution in [0.5, 0.6) is 0 Å². The number of pyridine rings is 1. The fraction of sp³-hybridized carbons (Fsp3) is 0.333. The van der Waals surface area contributed by atoms with Gasteiger partial charge in [0.1, 0.15) is 5.01 Å². The summed E-state index contributed by atoms with van der Waals surface area (Å²) < 4.78 is 0. The zero-order valence-corrected chi connectivity index (χ0v) is 14.9. The summed E-state index contributed by atoms with van der Waals surface area (Å²) >= 11 is 1.44. The molecule has 24 heavy (non-hydrogen) atoms. The predicted molar refractivity (Wildman–Crippen MR) is 97.5 cm³/mol. The molecule has 0 aliphatic carbocycles. The molecule has 124 valence electrons. The van der Waals surface area contributed by atoms with E-state index < -0.39 is 0 Å². The molecule has 3 aromatic rings. The molecule has 0 fully saturated rings. The second-order valence-corrected chi connectivity index (χ2v) is 6.86. The van der Waals surface area contributed by atoms with E-state index in [-0.39, 0.29) is 12.3 Å². The molecule has 1 aromatic carbocycles. The molecule has 0 saturated carbocycles. The number of hydrogen-bond acceptors (Lipinski definition) is 5. The first-order valence-corrected chi connectivity index (χ1v) is 8.87. The third-order valence-corrected chi connectivity index (χ3v) is 4.90. The predicted octanol–water partition coefficient (Wildman–Crippen LogP) is 3.84. The number of carbonyl (C=O) groups excluding carboxylic acids is 1. The Morgan fingerprint density at radius 1 is 1.21 bits per heavy atom. The second-order valence-electron chi connectivity index (χ2n) is 5.79. The van der Waals surface area contributed by atoms with Gasteiger partial charge < -0.3 is 5.32 Å². The first-order valence-electron chi connectivity index (χ1n) is 8.05. The van der Waals surface area contributed by atoms with Gasteiger partial charge in [-0.3, -0.25) is 9.78 Å². The van der Waals surface area contributed by atoms with Crippen molar-refractivity contribution in [1.29, 1.82) is 0 Å². The van der Waals surface area contributed by atoms with Crippen LogP contribution in [0.25, 0.3) is 10.9 Å². The van der Waals surface area contributed by atoms with Gasteiger partial charge in [0.25, 0.3) is 0 Å². The number of hydrogen-bond donors (Lipinski definition) is 1. The average molecular weight is 340 g/mol. The van der Waals surface area contributed by atoms with Gasteiger partial charge in [-0.2, -0.15) is 0 Å². The average Bonchev–Trinajstić information content (AvgIpc) is 2.99. The van der Waals surface area contributed by atoms with Crippen molar-refractivity contribution in [2.45, 2.75) is 40.0 Å². The highest BCUT2D eigenvalue weighted by Gasteiger charge is 2.14. The zero-order chi connectivity index (χ0) is 17.1. The van der Waals surface area contributed by atoms with Crippen molar-refractivity contribution in [3.05, 3.63) is 46.1 Å². The number of rotatable bonds is 5. The van der Waals surface area contributed by atoms with Crippen LogP contribution in [-0.4, -0.2) is 21.1 Å². The van der Waals surface area contributed by atoms with E-state index in [4.69, 9.17) is 0 Å². The standard InChI is InChI=1S/C18H20N4OS/c1-4-7-17-21-22-18(24-17)20-16(23)10-14-11(2)13-8-5-6-9-15(13)19-12(14)3/h5-6,8-9H,4,7,10H2,1-3H3,(H,20,22,23). The molecule has 0 atom stereocenters. The molecule has 0 aliphatic rings. The molecule has 0 unspecified atom stereocenters. The minimum Gasteiger partial charge on any atom is -0.300 e. The number of benzene rings is 1. The number of nitrogens with zero attached hydrogens (tertiary/aromatic N) is 3. The summed E-state index contributed by atoms with van der Waals surface area (Å²) in [4.78, 5) is 17.0. The van der Waals surface area contributed by atoms with Gasteiger partial charge in [-0.15, -0.1) is 10.2 Å². The summed E-state index contributed by atoms with van der Waals surface area (Å²) in [7, 11) is 0. The molecule has 1 N–H and O–H groups in total. The Morgan fingerprint density at radius 2 is 2.00 bits per heavy atom. The van der Waals surface area contributed by atoms with Crippen molar-refractivity contribution in [3.63, 3.8) is 0 Å². The van der Waals surface area contributed by atoms with Crippen LogP contribution in [0.3, 0.4) is 0 Å². The second kappa shape index (κ2) is 7.05. The number of aromatic nitrogens is 3. The Bertz CT molecular complexity index is 888.